The van der Waals surface area contributed by atoms with Crippen LogP contribution in [0.2, 0.25) is 0 Å². The van der Waals surface area contributed by atoms with Gasteiger partial charge in [-0.05, 0) is 50.0 Å². The maximum atomic E-state index is 13.3. The van der Waals surface area contributed by atoms with Crippen molar-refractivity contribution in [3.8, 4) is 17.7 Å². The topological polar surface area (TPSA) is 38.3 Å². The van der Waals surface area contributed by atoms with E-state index < -0.39 is 0 Å². The molecule has 3 saturated heterocycles. The molecule has 2 bridgehead atoms. The molecule has 5 rings (SSSR count). The normalized spacial score (nSPS) is 24.6. The predicted octanol–water partition coefficient (Wildman–Crippen LogP) is 3.68. The van der Waals surface area contributed by atoms with Crippen molar-refractivity contribution in [2.24, 2.45) is 5.92 Å². The van der Waals surface area contributed by atoms with Crippen LogP contribution in [0.15, 0.2) is 22.7 Å². The second-order valence-corrected chi connectivity index (χ2v) is 7.89. The van der Waals surface area contributed by atoms with E-state index in [1.807, 2.05) is 0 Å². The molecule has 3 fully saturated rings. The number of halogens is 2. The Hall–Kier alpha value is -1.49. The van der Waals surface area contributed by atoms with Crippen LogP contribution in [0.5, 0.6) is 5.88 Å². The Morgan fingerprint density at radius 3 is 2.84 bits per heavy atom. The van der Waals surface area contributed by atoms with Gasteiger partial charge < -0.3 is 9.64 Å². The van der Waals surface area contributed by atoms with Crippen LogP contribution in [0.3, 0.4) is 0 Å². The van der Waals surface area contributed by atoms with E-state index in [-0.39, 0.29) is 12.4 Å². The van der Waals surface area contributed by atoms with Crippen molar-refractivity contribution in [2.75, 3.05) is 26.2 Å². The lowest BCUT2D eigenvalue weighted by atomic mass is 9.77. The zero-order chi connectivity index (χ0) is 17.2. The molecule has 1 atom stereocenters. The fourth-order valence-electron chi connectivity index (χ4n) is 3.66. The highest BCUT2D eigenvalue weighted by atomic mass is 79.9. The summed E-state index contributed by atoms with van der Waals surface area (Å²) in [6.45, 7) is 3.66. The van der Waals surface area contributed by atoms with E-state index in [2.05, 4.69) is 41.4 Å². The van der Waals surface area contributed by atoms with Crippen molar-refractivity contribution in [3.05, 3.63) is 39.7 Å². The minimum absolute atomic E-state index is 0.216. The summed E-state index contributed by atoms with van der Waals surface area (Å²) in [6, 6.07) is 4.59. The molecule has 2 aromatic rings. The maximum Gasteiger partial charge on any atom is 0.250 e. The minimum Gasteiger partial charge on any atom is -0.463 e. The first-order valence-corrected chi connectivity index (χ1v) is 9.84. The van der Waals surface area contributed by atoms with Crippen molar-refractivity contribution in [1.82, 2.24) is 13.6 Å². The van der Waals surface area contributed by atoms with Crippen molar-refractivity contribution in [3.63, 3.8) is 0 Å². The number of fused-ring (bicyclic) bond motifs is 3. The molecule has 3 aliphatic rings. The standard InChI is InChI=1S/C18H17BrFN3OS/c19-14-8-12(9-15(20)10-14)2-1-7-24-18-17(21-25-22-18)16-11-23-5-3-13(16)4-6-23/h8-10,13,16H,3-7,11H2. The van der Waals surface area contributed by atoms with E-state index in [0.717, 1.165) is 12.2 Å². The Bertz CT molecular complexity index is 803. The smallest absolute Gasteiger partial charge is 0.250 e. The molecule has 7 heteroatoms. The lowest BCUT2D eigenvalue weighted by Crippen LogP contribution is -2.46. The summed E-state index contributed by atoms with van der Waals surface area (Å²) in [5.41, 5.74) is 1.60. The molecule has 0 saturated carbocycles. The fourth-order valence-corrected chi connectivity index (χ4v) is 4.69. The van der Waals surface area contributed by atoms with Crippen LogP contribution in [0.25, 0.3) is 0 Å². The summed E-state index contributed by atoms with van der Waals surface area (Å²) in [5.74, 6) is 7.25. The second kappa shape index (κ2) is 7.40. The summed E-state index contributed by atoms with van der Waals surface area (Å²) in [4.78, 5) is 2.50. The zero-order valence-electron chi connectivity index (χ0n) is 13.5. The zero-order valence-corrected chi connectivity index (χ0v) is 15.9. The van der Waals surface area contributed by atoms with Gasteiger partial charge in [-0.25, -0.2) is 4.39 Å². The maximum absolute atomic E-state index is 13.3. The third-order valence-electron chi connectivity index (χ3n) is 4.87. The number of benzene rings is 1. The number of rotatable bonds is 3. The minimum atomic E-state index is -0.312. The van der Waals surface area contributed by atoms with Crippen molar-refractivity contribution in [2.45, 2.75) is 18.8 Å². The predicted molar refractivity (Wildman–Crippen MR) is 98.3 cm³/mol. The van der Waals surface area contributed by atoms with Gasteiger partial charge >= 0.3 is 0 Å². The molecule has 25 heavy (non-hydrogen) atoms. The molecule has 0 radical (unpaired) electrons. The Kier molecular flexibility index (Phi) is 5.02. The Balaban J connectivity index is 1.41. The molecule has 3 aliphatic heterocycles. The third kappa shape index (κ3) is 3.86. The van der Waals surface area contributed by atoms with E-state index >= 15 is 0 Å². The highest BCUT2D eigenvalue weighted by molar-refractivity contribution is 9.10. The SMILES string of the molecule is Fc1cc(Br)cc(C#CCOc2nsnc2C2CN3CCC2CC3)c1. The molecule has 1 aromatic heterocycles. The molecule has 0 aliphatic carbocycles. The van der Waals surface area contributed by atoms with Gasteiger partial charge in [0, 0.05) is 22.5 Å². The average molecular weight is 422 g/mol. The first-order chi connectivity index (χ1) is 12.2. The van der Waals surface area contributed by atoms with Crippen molar-refractivity contribution >= 4 is 27.7 Å². The number of piperidine rings is 3. The fraction of sp³-hybridized carbons (Fsp3) is 0.444. The van der Waals surface area contributed by atoms with Gasteiger partial charge in [0.1, 0.15) is 11.5 Å². The Morgan fingerprint density at radius 2 is 2.12 bits per heavy atom. The van der Waals surface area contributed by atoms with Crippen LogP contribution in [-0.4, -0.2) is 39.9 Å². The molecule has 4 nitrogen and oxygen atoms in total. The van der Waals surface area contributed by atoms with E-state index in [0.29, 0.717) is 27.8 Å². The van der Waals surface area contributed by atoms with Gasteiger partial charge in [-0.15, -0.1) is 4.37 Å². The molecule has 4 heterocycles. The number of nitrogens with zero attached hydrogens (tertiary/aromatic N) is 3. The van der Waals surface area contributed by atoms with Crippen LogP contribution < -0.4 is 4.74 Å². The van der Waals surface area contributed by atoms with Crippen molar-refractivity contribution in [1.29, 1.82) is 0 Å². The van der Waals surface area contributed by atoms with Gasteiger partial charge in [0.15, 0.2) is 6.61 Å². The summed E-state index contributed by atoms with van der Waals surface area (Å²) < 4.78 is 28.6. The van der Waals surface area contributed by atoms with Gasteiger partial charge in [-0.3, -0.25) is 0 Å². The van der Waals surface area contributed by atoms with E-state index in [9.17, 15) is 4.39 Å². The Labute approximate surface area is 158 Å². The highest BCUT2D eigenvalue weighted by Gasteiger charge is 2.38. The van der Waals surface area contributed by atoms with Crippen LogP contribution >= 0.6 is 27.7 Å². The first kappa shape index (κ1) is 17.0. The summed E-state index contributed by atoms with van der Waals surface area (Å²) in [7, 11) is 0. The van der Waals surface area contributed by atoms with Gasteiger partial charge in [-0.1, -0.05) is 27.8 Å². The Morgan fingerprint density at radius 1 is 1.28 bits per heavy atom. The highest BCUT2D eigenvalue weighted by Crippen LogP contribution is 2.41. The van der Waals surface area contributed by atoms with E-state index in [1.165, 1.54) is 49.8 Å². The quantitative estimate of drug-likeness (QED) is 0.708. The molecule has 1 unspecified atom stereocenters. The van der Waals surface area contributed by atoms with Gasteiger partial charge in [0.25, 0.3) is 0 Å². The molecule has 0 N–H and O–H groups in total. The lowest BCUT2D eigenvalue weighted by Gasteiger charge is -2.44. The van der Waals surface area contributed by atoms with Crippen molar-refractivity contribution < 1.29 is 9.13 Å². The average Bonchev–Trinajstić information content (AvgIpc) is 3.07. The number of ether oxygens (including phenoxy) is 1. The summed E-state index contributed by atoms with van der Waals surface area (Å²) in [6.07, 6.45) is 2.46. The van der Waals surface area contributed by atoms with Crippen LogP contribution in [-0.2, 0) is 0 Å². The molecule has 1 aromatic carbocycles. The number of aromatic nitrogens is 2. The van der Waals surface area contributed by atoms with Crippen LogP contribution in [0.1, 0.15) is 30.0 Å². The van der Waals surface area contributed by atoms with E-state index in [1.54, 1.807) is 6.07 Å². The molecular weight excluding hydrogens is 405 g/mol. The van der Waals surface area contributed by atoms with Gasteiger partial charge in [0.05, 0.1) is 11.7 Å². The summed E-state index contributed by atoms with van der Waals surface area (Å²) >= 11 is 4.46. The monoisotopic (exact) mass is 421 g/mol. The van der Waals surface area contributed by atoms with Crippen LogP contribution in [0.4, 0.5) is 4.39 Å². The van der Waals surface area contributed by atoms with Gasteiger partial charge in [-0.2, -0.15) is 4.37 Å². The molecular formula is C18H17BrFN3OS. The summed E-state index contributed by atoms with van der Waals surface area (Å²) in [5, 5.41) is 0. The largest absolute Gasteiger partial charge is 0.463 e. The van der Waals surface area contributed by atoms with E-state index in [4.69, 9.17) is 4.74 Å². The van der Waals surface area contributed by atoms with Gasteiger partial charge in [0.2, 0.25) is 5.88 Å². The molecule has 0 amide bonds. The van der Waals surface area contributed by atoms with Crippen LogP contribution in [0, 0.1) is 23.6 Å². The number of hydrogen-bond acceptors (Lipinski definition) is 5. The lowest BCUT2D eigenvalue weighted by molar-refractivity contribution is 0.0843. The second-order valence-electron chi connectivity index (χ2n) is 6.45. The first-order valence-electron chi connectivity index (χ1n) is 8.31. The third-order valence-corrected chi connectivity index (χ3v) is 5.85. The molecule has 0 spiro atoms. The number of hydrogen-bond donors (Lipinski definition) is 0. The molecule has 130 valence electrons.